The number of pyridine rings is 2. The number of nitrogens with zero attached hydrogens (tertiary/aromatic N) is 4. The number of nitrogens with one attached hydrogen (secondary N) is 1. The average Bonchev–Trinajstić information content (AvgIpc) is 3.00. The summed E-state index contributed by atoms with van der Waals surface area (Å²) in [5.74, 6) is -0.248. The molecule has 0 fully saturated rings. The van der Waals surface area contributed by atoms with Gasteiger partial charge in [-0.2, -0.15) is 0 Å². The summed E-state index contributed by atoms with van der Waals surface area (Å²) < 4.78 is 1.82. The Hall–Kier alpha value is -3.19. The number of carboxylic acids is 1. The smallest absolute Gasteiger partial charge is 0.339 e. The number of anilines is 1. The summed E-state index contributed by atoms with van der Waals surface area (Å²) in [6.45, 7) is 1.66. The molecule has 4 aromatic rings. The first-order chi connectivity index (χ1) is 12.5. The van der Waals surface area contributed by atoms with Crippen molar-refractivity contribution in [3.63, 3.8) is 0 Å². The second-order valence-electron chi connectivity index (χ2n) is 6.46. The van der Waals surface area contributed by atoms with E-state index < -0.39 is 5.97 Å². The quantitative estimate of drug-likeness (QED) is 0.576. The van der Waals surface area contributed by atoms with Crippen LogP contribution in [-0.4, -0.2) is 57.5 Å². The van der Waals surface area contributed by atoms with Crippen LogP contribution >= 0.6 is 0 Å². The zero-order valence-electron chi connectivity index (χ0n) is 14.6. The van der Waals surface area contributed by atoms with E-state index in [0.717, 1.165) is 35.3 Å². The van der Waals surface area contributed by atoms with Gasteiger partial charge in [-0.25, -0.2) is 14.8 Å². The molecule has 3 aromatic heterocycles. The Morgan fingerprint density at radius 3 is 2.73 bits per heavy atom. The monoisotopic (exact) mass is 349 g/mol. The van der Waals surface area contributed by atoms with Gasteiger partial charge in [0.25, 0.3) is 0 Å². The number of carbonyl (C=O) groups is 1. The molecule has 0 aliphatic carbocycles. The van der Waals surface area contributed by atoms with E-state index in [1.165, 1.54) is 0 Å². The zero-order valence-corrected chi connectivity index (χ0v) is 14.6. The summed E-state index contributed by atoms with van der Waals surface area (Å²) in [6.07, 6.45) is 0. The van der Waals surface area contributed by atoms with Crippen LogP contribution < -0.4 is 5.32 Å². The van der Waals surface area contributed by atoms with Gasteiger partial charge in [0.2, 0.25) is 0 Å². The molecule has 0 atom stereocenters. The number of likely N-dealkylation sites (N-methyl/N-ethyl adjacent to an activating group) is 1. The van der Waals surface area contributed by atoms with Crippen LogP contribution in [0.1, 0.15) is 10.4 Å². The highest BCUT2D eigenvalue weighted by atomic mass is 16.4. The molecule has 0 radical (unpaired) electrons. The lowest BCUT2D eigenvalue weighted by molar-refractivity contribution is 0.0698. The number of para-hydroxylation sites is 2. The maximum atomic E-state index is 11.7. The molecule has 2 N–H and O–H groups in total. The topological polar surface area (TPSA) is 82.8 Å². The Morgan fingerprint density at radius 2 is 1.96 bits per heavy atom. The molecule has 0 unspecified atom stereocenters. The highest BCUT2D eigenvalue weighted by Crippen LogP contribution is 2.26. The van der Waals surface area contributed by atoms with E-state index in [9.17, 15) is 9.90 Å². The van der Waals surface area contributed by atoms with Crippen molar-refractivity contribution in [2.75, 3.05) is 32.5 Å². The van der Waals surface area contributed by atoms with Gasteiger partial charge in [0.1, 0.15) is 17.0 Å². The van der Waals surface area contributed by atoms with Crippen molar-refractivity contribution in [1.29, 1.82) is 0 Å². The van der Waals surface area contributed by atoms with Crippen molar-refractivity contribution in [1.82, 2.24) is 19.3 Å². The summed E-state index contributed by atoms with van der Waals surface area (Å²) in [7, 11) is 4.04. The largest absolute Gasteiger partial charge is 0.478 e. The number of hydrogen-bond donors (Lipinski definition) is 2. The third kappa shape index (κ3) is 2.72. The molecule has 4 rings (SSSR count). The molecule has 0 saturated carbocycles. The number of rotatable bonds is 5. The van der Waals surface area contributed by atoms with Crippen LogP contribution in [-0.2, 0) is 0 Å². The maximum absolute atomic E-state index is 11.7. The van der Waals surface area contributed by atoms with Crippen molar-refractivity contribution < 1.29 is 9.90 Å². The Bertz CT molecular complexity index is 1130. The number of hydrogen-bond acceptors (Lipinski definition) is 5. The van der Waals surface area contributed by atoms with Gasteiger partial charge in [-0.1, -0.05) is 12.1 Å². The first kappa shape index (κ1) is 16.3. The fraction of sp³-hybridized carbons (Fsp3) is 0.211. The molecule has 0 spiro atoms. The highest BCUT2D eigenvalue weighted by Gasteiger charge is 2.17. The first-order valence-corrected chi connectivity index (χ1v) is 8.37. The molecule has 26 heavy (non-hydrogen) atoms. The SMILES string of the molecule is CN(C)CCNc1ccc2cc(C(=O)O)c3nc4ccccc4n3c2n1. The lowest BCUT2D eigenvalue weighted by Gasteiger charge is -2.12. The van der Waals surface area contributed by atoms with Gasteiger partial charge < -0.3 is 15.3 Å². The van der Waals surface area contributed by atoms with E-state index in [-0.39, 0.29) is 5.56 Å². The lowest BCUT2D eigenvalue weighted by atomic mass is 10.2. The maximum Gasteiger partial charge on any atom is 0.339 e. The molecule has 132 valence electrons. The molecule has 0 bridgehead atoms. The van der Waals surface area contributed by atoms with Crippen molar-refractivity contribution in [2.24, 2.45) is 0 Å². The fourth-order valence-electron chi connectivity index (χ4n) is 3.06. The van der Waals surface area contributed by atoms with E-state index >= 15 is 0 Å². The fourth-order valence-corrected chi connectivity index (χ4v) is 3.06. The predicted molar refractivity (Wildman–Crippen MR) is 102 cm³/mol. The Balaban J connectivity index is 1.95. The number of carboxylic acid groups (broad SMARTS) is 1. The summed E-state index contributed by atoms with van der Waals surface area (Å²) >= 11 is 0. The summed E-state index contributed by atoms with van der Waals surface area (Å²) in [5.41, 5.74) is 2.85. The minimum atomic E-state index is -1.000. The van der Waals surface area contributed by atoms with Gasteiger partial charge in [0.05, 0.1) is 11.0 Å². The highest BCUT2D eigenvalue weighted by molar-refractivity contribution is 6.02. The second-order valence-corrected chi connectivity index (χ2v) is 6.46. The normalized spacial score (nSPS) is 11.7. The zero-order chi connectivity index (χ0) is 18.3. The Labute approximate surface area is 149 Å². The number of imidazole rings is 1. The van der Waals surface area contributed by atoms with E-state index in [4.69, 9.17) is 4.98 Å². The van der Waals surface area contributed by atoms with E-state index in [1.54, 1.807) is 6.07 Å². The van der Waals surface area contributed by atoms with Crippen LogP contribution in [0.15, 0.2) is 42.5 Å². The van der Waals surface area contributed by atoms with Crippen LogP contribution in [0.5, 0.6) is 0 Å². The third-order valence-corrected chi connectivity index (χ3v) is 4.31. The average molecular weight is 349 g/mol. The molecule has 0 aliphatic heterocycles. The van der Waals surface area contributed by atoms with Crippen LogP contribution in [0.4, 0.5) is 5.82 Å². The molecule has 0 aliphatic rings. The van der Waals surface area contributed by atoms with E-state index in [2.05, 4.69) is 15.2 Å². The van der Waals surface area contributed by atoms with Gasteiger partial charge in [-0.15, -0.1) is 0 Å². The molecule has 1 aromatic carbocycles. The molecule has 0 saturated heterocycles. The van der Waals surface area contributed by atoms with Crippen molar-refractivity contribution in [3.05, 3.63) is 48.0 Å². The molecule has 7 heteroatoms. The third-order valence-electron chi connectivity index (χ3n) is 4.31. The molecular weight excluding hydrogens is 330 g/mol. The molecule has 7 nitrogen and oxygen atoms in total. The van der Waals surface area contributed by atoms with Crippen LogP contribution in [0.3, 0.4) is 0 Å². The summed E-state index contributed by atoms with van der Waals surface area (Å²) in [5, 5.41) is 13.7. The molecular formula is C19H19N5O2. The summed E-state index contributed by atoms with van der Waals surface area (Å²) in [4.78, 5) is 23.0. The number of aromatic carboxylic acids is 1. The van der Waals surface area contributed by atoms with Crippen molar-refractivity contribution in [2.45, 2.75) is 0 Å². The van der Waals surface area contributed by atoms with Gasteiger partial charge in [-0.3, -0.25) is 4.40 Å². The van der Waals surface area contributed by atoms with Crippen LogP contribution in [0.2, 0.25) is 0 Å². The summed E-state index contributed by atoms with van der Waals surface area (Å²) in [6, 6.07) is 13.0. The Kier molecular flexibility index (Phi) is 3.93. The molecule has 3 heterocycles. The van der Waals surface area contributed by atoms with Gasteiger partial charge in [0, 0.05) is 18.5 Å². The first-order valence-electron chi connectivity index (χ1n) is 8.37. The van der Waals surface area contributed by atoms with Gasteiger partial charge in [-0.05, 0) is 44.4 Å². The van der Waals surface area contributed by atoms with Crippen molar-refractivity contribution >= 4 is 39.5 Å². The number of benzene rings is 1. The Morgan fingerprint density at radius 1 is 1.15 bits per heavy atom. The standard InChI is InChI=1S/C19H19N5O2/c1-23(2)10-9-20-16-8-7-12-11-13(19(25)26)18-21-14-5-3-4-6-15(14)24(18)17(12)22-16/h3-8,11H,9-10H2,1-2H3,(H,20,22)(H,25,26). The van der Waals surface area contributed by atoms with Crippen molar-refractivity contribution in [3.8, 4) is 0 Å². The van der Waals surface area contributed by atoms with E-state index in [0.29, 0.717) is 11.3 Å². The van der Waals surface area contributed by atoms with Crippen LogP contribution in [0, 0.1) is 0 Å². The van der Waals surface area contributed by atoms with Gasteiger partial charge >= 0.3 is 5.97 Å². The molecule has 0 amide bonds. The second kappa shape index (κ2) is 6.27. The van der Waals surface area contributed by atoms with Crippen LogP contribution in [0.25, 0.3) is 27.7 Å². The number of aromatic nitrogens is 3. The predicted octanol–water partition coefficient (Wildman–Crippen LogP) is 2.71. The minimum Gasteiger partial charge on any atom is -0.478 e. The lowest BCUT2D eigenvalue weighted by Crippen LogP contribution is -2.21. The van der Waals surface area contributed by atoms with Gasteiger partial charge in [0.15, 0.2) is 5.65 Å². The number of fused-ring (bicyclic) bond motifs is 5. The van der Waals surface area contributed by atoms with E-state index in [1.807, 2.05) is 54.9 Å². The minimum absolute atomic E-state index is 0.170.